The third kappa shape index (κ3) is 5.02. The second kappa shape index (κ2) is 6.67. The highest BCUT2D eigenvalue weighted by atomic mass is 32.2. The van der Waals surface area contributed by atoms with Crippen molar-refractivity contribution in [2.75, 3.05) is 16.8 Å². The van der Waals surface area contributed by atoms with Gasteiger partial charge in [-0.1, -0.05) is 6.92 Å². The fourth-order valence-corrected chi connectivity index (χ4v) is 2.06. The van der Waals surface area contributed by atoms with Crippen molar-refractivity contribution in [3.05, 3.63) is 24.3 Å². The number of rotatable bonds is 6. The lowest BCUT2D eigenvalue weighted by molar-refractivity contribution is 0.584. The summed E-state index contributed by atoms with van der Waals surface area (Å²) in [6, 6.07) is 3.57. The molecule has 0 bridgehead atoms. The Kier molecular flexibility index (Phi) is 5.47. The standard InChI is InChI=1S/C11H17FN2S/c1-3-15-7-5-9(2)14-10-4-6-13-11(12)8-10/h4,6,8-9H,3,5,7H2,1-2H3,(H,13,14). The number of hydrogen-bond acceptors (Lipinski definition) is 3. The molecule has 1 N–H and O–H groups in total. The number of hydrogen-bond donors (Lipinski definition) is 1. The first-order valence-corrected chi connectivity index (χ1v) is 6.33. The van der Waals surface area contributed by atoms with E-state index in [4.69, 9.17) is 0 Å². The summed E-state index contributed by atoms with van der Waals surface area (Å²) in [5, 5.41) is 3.25. The van der Waals surface area contributed by atoms with Gasteiger partial charge in [0, 0.05) is 24.0 Å². The topological polar surface area (TPSA) is 24.9 Å². The average molecular weight is 228 g/mol. The van der Waals surface area contributed by atoms with E-state index in [1.807, 2.05) is 11.8 Å². The molecule has 0 saturated carbocycles. The van der Waals surface area contributed by atoms with E-state index in [2.05, 4.69) is 24.1 Å². The van der Waals surface area contributed by atoms with Gasteiger partial charge in [-0.05, 0) is 30.9 Å². The van der Waals surface area contributed by atoms with E-state index in [9.17, 15) is 4.39 Å². The van der Waals surface area contributed by atoms with Crippen LogP contribution in [0.3, 0.4) is 0 Å². The Balaban J connectivity index is 2.34. The minimum Gasteiger partial charge on any atom is -0.382 e. The minimum atomic E-state index is -0.435. The van der Waals surface area contributed by atoms with Crippen LogP contribution in [0.5, 0.6) is 0 Å². The molecule has 2 nitrogen and oxygen atoms in total. The van der Waals surface area contributed by atoms with Crippen molar-refractivity contribution >= 4 is 17.4 Å². The third-order valence-electron chi connectivity index (χ3n) is 2.04. The SMILES string of the molecule is CCSCCC(C)Nc1ccnc(F)c1. The quantitative estimate of drug-likeness (QED) is 0.598. The molecule has 1 aromatic heterocycles. The van der Waals surface area contributed by atoms with Crippen molar-refractivity contribution in [3.8, 4) is 0 Å². The molecule has 1 heterocycles. The normalized spacial score (nSPS) is 12.5. The number of thioether (sulfide) groups is 1. The van der Waals surface area contributed by atoms with Crippen LogP contribution in [0.4, 0.5) is 10.1 Å². The van der Waals surface area contributed by atoms with Crippen LogP contribution in [-0.4, -0.2) is 22.5 Å². The maximum Gasteiger partial charge on any atom is 0.214 e. The van der Waals surface area contributed by atoms with Gasteiger partial charge < -0.3 is 5.32 Å². The molecule has 1 rings (SSSR count). The summed E-state index contributed by atoms with van der Waals surface area (Å²) in [7, 11) is 0. The molecule has 0 amide bonds. The number of halogens is 1. The number of nitrogens with one attached hydrogen (secondary N) is 1. The lowest BCUT2D eigenvalue weighted by Gasteiger charge is -2.14. The molecule has 1 atom stereocenters. The van der Waals surface area contributed by atoms with E-state index < -0.39 is 5.95 Å². The van der Waals surface area contributed by atoms with Crippen LogP contribution in [0.25, 0.3) is 0 Å². The minimum absolute atomic E-state index is 0.367. The van der Waals surface area contributed by atoms with Gasteiger partial charge >= 0.3 is 0 Å². The zero-order valence-electron chi connectivity index (χ0n) is 9.16. The lowest BCUT2D eigenvalue weighted by Crippen LogP contribution is -2.16. The molecule has 0 aliphatic carbocycles. The van der Waals surface area contributed by atoms with Crippen LogP contribution in [0.15, 0.2) is 18.3 Å². The Hall–Kier alpha value is -0.770. The highest BCUT2D eigenvalue weighted by Gasteiger charge is 2.02. The molecule has 0 fully saturated rings. The van der Waals surface area contributed by atoms with E-state index >= 15 is 0 Å². The molecule has 0 spiro atoms. The largest absolute Gasteiger partial charge is 0.382 e. The van der Waals surface area contributed by atoms with Crippen LogP contribution in [0.2, 0.25) is 0 Å². The van der Waals surface area contributed by atoms with E-state index in [1.165, 1.54) is 12.3 Å². The average Bonchev–Trinajstić information content (AvgIpc) is 2.18. The molecule has 0 aliphatic heterocycles. The summed E-state index contributed by atoms with van der Waals surface area (Å²) in [4.78, 5) is 3.51. The Bertz CT molecular complexity index is 294. The Labute approximate surface area is 94.7 Å². The van der Waals surface area contributed by atoms with Crippen LogP contribution >= 0.6 is 11.8 Å². The van der Waals surface area contributed by atoms with Gasteiger partial charge in [-0.25, -0.2) is 4.98 Å². The molecule has 4 heteroatoms. The predicted molar refractivity (Wildman–Crippen MR) is 64.9 cm³/mol. The van der Waals surface area contributed by atoms with Gasteiger partial charge in [-0.2, -0.15) is 16.2 Å². The summed E-state index contributed by atoms with van der Waals surface area (Å²) in [5.41, 5.74) is 0.802. The molecule has 0 radical (unpaired) electrons. The molecule has 15 heavy (non-hydrogen) atoms. The smallest absolute Gasteiger partial charge is 0.214 e. The maximum absolute atomic E-state index is 12.8. The molecule has 84 valence electrons. The first kappa shape index (κ1) is 12.3. The molecule has 0 aliphatic rings. The van der Waals surface area contributed by atoms with Crippen molar-refractivity contribution in [2.45, 2.75) is 26.3 Å². The molecule has 0 saturated heterocycles. The zero-order chi connectivity index (χ0) is 11.1. The zero-order valence-corrected chi connectivity index (χ0v) is 9.98. The van der Waals surface area contributed by atoms with Gasteiger partial charge in [0.2, 0.25) is 5.95 Å². The monoisotopic (exact) mass is 228 g/mol. The van der Waals surface area contributed by atoms with Gasteiger partial charge in [0.25, 0.3) is 0 Å². The Morgan fingerprint density at radius 1 is 1.60 bits per heavy atom. The highest BCUT2D eigenvalue weighted by molar-refractivity contribution is 7.99. The summed E-state index contributed by atoms with van der Waals surface area (Å²) in [5.74, 6) is 1.85. The summed E-state index contributed by atoms with van der Waals surface area (Å²) >= 11 is 1.92. The fraction of sp³-hybridized carbons (Fsp3) is 0.545. The van der Waals surface area contributed by atoms with Gasteiger partial charge in [0.05, 0.1) is 0 Å². The second-order valence-corrected chi connectivity index (χ2v) is 4.79. The molecule has 1 unspecified atom stereocenters. The second-order valence-electron chi connectivity index (χ2n) is 3.40. The van der Waals surface area contributed by atoms with Crippen LogP contribution in [0.1, 0.15) is 20.3 Å². The number of aromatic nitrogens is 1. The van der Waals surface area contributed by atoms with Crippen molar-refractivity contribution in [1.29, 1.82) is 0 Å². The van der Waals surface area contributed by atoms with E-state index in [0.717, 1.165) is 23.6 Å². The van der Waals surface area contributed by atoms with E-state index in [1.54, 1.807) is 6.07 Å². The van der Waals surface area contributed by atoms with Crippen molar-refractivity contribution in [2.24, 2.45) is 0 Å². The van der Waals surface area contributed by atoms with Crippen molar-refractivity contribution < 1.29 is 4.39 Å². The van der Waals surface area contributed by atoms with Gasteiger partial charge in [0.15, 0.2) is 0 Å². The fourth-order valence-electron chi connectivity index (χ4n) is 1.25. The number of anilines is 1. The van der Waals surface area contributed by atoms with E-state index in [0.29, 0.717) is 6.04 Å². The van der Waals surface area contributed by atoms with Gasteiger partial charge in [0.1, 0.15) is 0 Å². The predicted octanol–water partition coefficient (Wildman–Crippen LogP) is 3.16. The maximum atomic E-state index is 12.8. The molecule has 1 aromatic rings. The first-order valence-electron chi connectivity index (χ1n) is 5.18. The summed E-state index contributed by atoms with van der Waals surface area (Å²) < 4.78 is 12.8. The van der Waals surface area contributed by atoms with Crippen LogP contribution in [-0.2, 0) is 0 Å². The first-order chi connectivity index (χ1) is 7.22. The molecular weight excluding hydrogens is 211 g/mol. The van der Waals surface area contributed by atoms with E-state index in [-0.39, 0.29) is 0 Å². The van der Waals surface area contributed by atoms with Crippen LogP contribution in [0, 0.1) is 5.95 Å². The summed E-state index contributed by atoms with van der Waals surface area (Å²) in [6.45, 7) is 4.26. The van der Waals surface area contributed by atoms with Crippen LogP contribution < -0.4 is 5.32 Å². The highest BCUT2D eigenvalue weighted by Crippen LogP contribution is 2.11. The Morgan fingerprint density at radius 3 is 3.07 bits per heavy atom. The number of pyridine rings is 1. The third-order valence-corrected chi connectivity index (χ3v) is 2.97. The van der Waals surface area contributed by atoms with Gasteiger partial charge in [-0.3, -0.25) is 0 Å². The molecule has 0 aromatic carbocycles. The summed E-state index contributed by atoms with van der Waals surface area (Å²) in [6.07, 6.45) is 2.56. The molecular formula is C11H17FN2S. The van der Waals surface area contributed by atoms with Crippen molar-refractivity contribution in [3.63, 3.8) is 0 Å². The lowest BCUT2D eigenvalue weighted by atomic mass is 10.2. The number of nitrogens with zero attached hydrogens (tertiary/aromatic N) is 1. The van der Waals surface area contributed by atoms with Crippen molar-refractivity contribution in [1.82, 2.24) is 4.98 Å². The van der Waals surface area contributed by atoms with Gasteiger partial charge in [-0.15, -0.1) is 0 Å². The Morgan fingerprint density at radius 2 is 2.40 bits per heavy atom.